The summed E-state index contributed by atoms with van der Waals surface area (Å²) in [5.41, 5.74) is 0.621. The third-order valence-corrected chi connectivity index (χ3v) is 3.89. The first-order chi connectivity index (χ1) is 10.2. The summed E-state index contributed by atoms with van der Waals surface area (Å²) in [6, 6.07) is 4.40. The molecule has 1 aromatic rings. The second-order valence-corrected chi connectivity index (χ2v) is 5.42. The Bertz CT molecular complexity index is 493. The molecular formula is C16H23FN2O2. The molecule has 0 radical (unpaired) electrons. The van der Waals surface area contributed by atoms with Crippen LogP contribution < -0.4 is 5.32 Å². The van der Waals surface area contributed by atoms with Crippen LogP contribution in [-0.4, -0.2) is 41.7 Å². The van der Waals surface area contributed by atoms with Gasteiger partial charge in [0, 0.05) is 13.1 Å². The van der Waals surface area contributed by atoms with Gasteiger partial charge in [0.15, 0.2) is 0 Å². The molecule has 0 spiro atoms. The Hall–Kier alpha value is -1.62. The number of nitrogens with one attached hydrogen (secondary N) is 1. The largest absolute Gasteiger partial charge is 0.394 e. The second kappa shape index (κ2) is 7.41. The molecule has 0 bridgehead atoms. The molecule has 2 N–H and O–H groups in total. The number of carbonyl (C=O) groups excluding carboxylic acids is 1. The maximum Gasteiger partial charge on any atom is 0.256 e. The minimum atomic E-state index is -0.410. The van der Waals surface area contributed by atoms with E-state index < -0.39 is 5.82 Å². The highest BCUT2D eigenvalue weighted by Crippen LogP contribution is 2.25. The first kappa shape index (κ1) is 15.8. The molecule has 2 rings (SSSR count). The van der Waals surface area contributed by atoms with Crippen molar-refractivity contribution in [3.8, 4) is 0 Å². The Kier molecular flexibility index (Phi) is 5.56. The van der Waals surface area contributed by atoms with Crippen molar-refractivity contribution >= 4 is 11.6 Å². The zero-order valence-electron chi connectivity index (χ0n) is 12.4. The van der Waals surface area contributed by atoms with E-state index in [9.17, 15) is 14.3 Å². The summed E-state index contributed by atoms with van der Waals surface area (Å²) < 4.78 is 14.0. The topological polar surface area (TPSA) is 52.6 Å². The molecule has 116 valence electrons. The summed E-state index contributed by atoms with van der Waals surface area (Å²) in [6.07, 6.45) is 3.59. The number of aliphatic hydroxyl groups excluding tert-OH is 1. The van der Waals surface area contributed by atoms with Crippen molar-refractivity contribution in [2.45, 2.75) is 38.6 Å². The number of aliphatic hydroxyl groups is 1. The molecule has 21 heavy (non-hydrogen) atoms. The van der Waals surface area contributed by atoms with Gasteiger partial charge in [-0.05, 0) is 37.8 Å². The molecule has 1 fully saturated rings. The molecule has 0 aromatic heterocycles. The van der Waals surface area contributed by atoms with Gasteiger partial charge in [0.1, 0.15) is 5.82 Å². The maximum absolute atomic E-state index is 14.0. The predicted molar refractivity (Wildman–Crippen MR) is 80.9 cm³/mol. The highest BCUT2D eigenvalue weighted by atomic mass is 19.1. The number of hydrogen-bond acceptors (Lipinski definition) is 3. The number of rotatable bonds is 5. The van der Waals surface area contributed by atoms with Crippen LogP contribution in [0, 0.1) is 5.82 Å². The molecular weight excluding hydrogens is 271 g/mol. The van der Waals surface area contributed by atoms with Crippen LogP contribution in [0.25, 0.3) is 0 Å². The van der Waals surface area contributed by atoms with E-state index in [1.165, 1.54) is 6.07 Å². The van der Waals surface area contributed by atoms with Gasteiger partial charge in [-0.1, -0.05) is 13.0 Å². The van der Waals surface area contributed by atoms with E-state index in [0.29, 0.717) is 18.7 Å². The molecule has 1 aromatic carbocycles. The monoisotopic (exact) mass is 294 g/mol. The van der Waals surface area contributed by atoms with E-state index >= 15 is 0 Å². The standard InChI is InChI=1S/C16H23FN2O2/c1-2-9-18-15-13(7-5-8-14(15)17)16(21)19-10-4-3-6-12(19)11-20/h5,7-8,12,18,20H,2-4,6,9-11H2,1H3. The van der Waals surface area contributed by atoms with Crippen molar-refractivity contribution in [1.82, 2.24) is 4.90 Å². The summed E-state index contributed by atoms with van der Waals surface area (Å²) >= 11 is 0. The van der Waals surface area contributed by atoms with Crippen LogP contribution in [0.5, 0.6) is 0 Å². The number of benzene rings is 1. The second-order valence-electron chi connectivity index (χ2n) is 5.42. The number of amides is 1. The van der Waals surface area contributed by atoms with E-state index in [0.717, 1.165) is 25.7 Å². The third kappa shape index (κ3) is 3.53. The SMILES string of the molecule is CCCNc1c(F)cccc1C(=O)N1CCCCC1CO. The Morgan fingerprint density at radius 1 is 1.48 bits per heavy atom. The van der Waals surface area contributed by atoms with E-state index in [2.05, 4.69) is 5.32 Å². The Morgan fingerprint density at radius 2 is 2.29 bits per heavy atom. The maximum atomic E-state index is 14.0. The van der Waals surface area contributed by atoms with Crippen LogP contribution in [0.3, 0.4) is 0 Å². The Morgan fingerprint density at radius 3 is 3.00 bits per heavy atom. The molecule has 0 aliphatic carbocycles. The van der Waals surface area contributed by atoms with Crippen molar-refractivity contribution in [2.75, 3.05) is 25.0 Å². The lowest BCUT2D eigenvalue weighted by Crippen LogP contribution is -2.45. The minimum absolute atomic E-state index is 0.0429. The normalized spacial score (nSPS) is 18.6. The molecule has 4 nitrogen and oxygen atoms in total. The molecule has 1 amide bonds. The highest BCUT2D eigenvalue weighted by molar-refractivity contribution is 6.00. The fourth-order valence-electron chi connectivity index (χ4n) is 2.74. The number of para-hydroxylation sites is 1. The van der Waals surface area contributed by atoms with E-state index in [-0.39, 0.29) is 24.2 Å². The zero-order valence-corrected chi connectivity index (χ0v) is 12.4. The molecule has 5 heteroatoms. The van der Waals surface area contributed by atoms with Crippen LogP contribution in [0.4, 0.5) is 10.1 Å². The van der Waals surface area contributed by atoms with Gasteiger partial charge in [-0.25, -0.2) is 4.39 Å². The number of hydrogen-bond donors (Lipinski definition) is 2. The molecule has 1 saturated heterocycles. The lowest BCUT2D eigenvalue weighted by Gasteiger charge is -2.35. The van der Waals surface area contributed by atoms with Crippen LogP contribution in [-0.2, 0) is 0 Å². The van der Waals surface area contributed by atoms with E-state index in [1.54, 1.807) is 17.0 Å². The van der Waals surface area contributed by atoms with Gasteiger partial charge in [0.25, 0.3) is 5.91 Å². The Balaban J connectivity index is 2.27. The van der Waals surface area contributed by atoms with Gasteiger partial charge in [0.05, 0.1) is 23.9 Å². The summed E-state index contributed by atoms with van der Waals surface area (Å²) in [5.74, 6) is -0.612. The summed E-state index contributed by atoms with van der Waals surface area (Å²) in [7, 11) is 0. The molecule has 1 atom stereocenters. The quantitative estimate of drug-likeness (QED) is 0.878. The fourth-order valence-corrected chi connectivity index (χ4v) is 2.74. The minimum Gasteiger partial charge on any atom is -0.394 e. The van der Waals surface area contributed by atoms with Gasteiger partial charge in [-0.15, -0.1) is 0 Å². The molecule has 1 heterocycles. The zero-order chi connectivity index (χ0) is 15.2. The van der Waals surface area contributed by atoms with Gasteiger partial charge < -0.3 is 15.3 Å². The van der Waals surface area contributed by atoms with Crippen LogP contribution in [0.2, 0.25) is 0 Å². The molecule has 1 aliphatic rings. The lowest BCUT2D eigenvalue weighted by atomic mass is 10.0. The number of carbonyl (C=O) groups is 1. The molecule has 0 saturated carbocycles. The molecule has 1 unspecified atom stereocenters. The van der Waals surface area contributed by atoms with Gasteiger partial charge in [0.2, 0.25) is 0 Å². The Labute approximate surface area is 125 Å². The van der Waals surface area contributed by atoms with Crippen molar-refractivity contribution in [2.24, 2.45) is 0 Å². The van der Waals surface area contributed by atoms with Gasteiger partial charge in [-0.3, -0.25) is 4.79 Å². The first-order valence-electron chi connectivity index (χ1n) is 7.63. The van der Waals surface area contributed by atoms with Gasteiger partial charge >= 0.3 is 0 Å². The number of likely N-dealkylation sites (tertiary alicyclic amines) is 1. The average Bonchev–Trinajstić information content (AvgIpc) is 2.52. The van der Waals surface area contributed by atoms with Crippen LogP contribution >= 0.6 is 0 Å². The summed E-state index contributed by atoms with van der Waals surface area (Å²) in [5, 5.41) is 12.4. The molecule has 1 aliphatic heterocycles. The van der Waals surface area contributed by atoms with E-state index in [1.807, 2.05) is 6.92 Å². The summed E-state index contributed by atoms with van der Waals surface area (Å²) in [4.78, 5) is 14.4. The van der Waals surface area contributed by atoms with Crippen LogP contribution in [0.15, 0.2) is 18.2 Å². The van der Waals surface area contributed by atoms with Gasteiger partial charge in [-0.2, -0.15) is 0 Å². The smallest absolute Gasteiger partial charge is 0.256 e. The number of halogens is 1. The van der Waals surface area contributed by atoms with Crippen molar-refractivity contribution in [3.05, 3.63) is 29.6 Å². The van der Waals surface area contributed by atoms with E-state index in [4.69, 9.17) is 0 Å². The highest BCUT2D eigenvalue weighted by Gasteiger charge is 2.28. The number of piperidine rings is 1. The first-order valence-corrected chi connectivity index (χ1v) is 7.63. The van der Waals surface area contributed by atoms with Crippen molar-refractivity contribution < 1.29 is 14.3 Å². The number of anilines is 1. The lowest BCUT2D eigenvalue weighted by molar-refractivity contribution is 0.0503. The van der Waals surface area contributed by atoms with Crippen molar-refractivity contribution in [3.63, 3.8) is 0 Å². The average molecular weight is 294 g/mol. The van der Waals surface area contributed by atoms with Crippen LogP contribution in [0.1, 0.15) is 43.0 Å². The third-order valence-electron chi connectivity index (χ3n) is 3.89. The summed E-state index contributed by atoms with van der Waals surface area (Å²) in [6.45, 7) is 3.18. The number of nitrogens with zero attached hydrogens (tertiary/aromatic N) is 1. The fraction of sp³-hybridized carbons (Fsp3) is 0.562. The van der Waals surface area contributed by atoms with Crippen molar-refractivity contribution in [1.29, 1.82) is 0 Å². The predicted octanol–water partition coefficient (Wildman–Crippen LogP) is 2.63.